The van der Waals surface area contributed by atoms with Gasteiger partial charge in [0.25, 0.3) is 0 Å². The van der Waals surface area contributed by atoms with Gasteiger partial charge in [-0.1, -0.05) is 12.1 Å². The lowest BCUT2D eigenvalue weighted by Crippen LogP contribution is -2.40. The van der Waals surface area contributed by atoms with Crippen molar-refractivity contribution in [2.75, 3.05) is 18.0 Å². The number of halogens is 6. The monoisotopic (exact) mass is 300 g/mol. The van der Waals surface area contributed by atoms with Gasteiger partial charge in [-0.2, -0.15) is 26.3 Å². The van der Waals surface area contributed by atoms with Gasteiger partial charge in [-0.3, -0.25) is 0 Å². The van der Waals surface area contributed by atoms with Gasteiger partial charge >= 0.3 is 12.4 Å². The molecule has 0 heterocycles. The molecule has 20 heavy (non-hydrogen) atoms. The molecule has 0 amide bonds. The van der Waals surface area contributed by atoms with Gasteiger partial charge in [-0.15, -0.1) is 0 Å². The molecule has 0 spiro atoms. The molecule has 0 aliphatic heterocycles. The second-order valence-electron chi connectivity index (χ2n) is 3.92. The summed E-state index contributed by atoms with van der Waals surface area (Å²) in [6, 6.07) is 3.49. The van der Waals surface area contributed by atoms with E-state index in [0.29, 0.717) is 0 Å². The summed E-state index contributed by atoms with van der Waals surface area (Å²) < 4.78 is 73.6. The quantitative estimate of drug-likeness (QED) is 0.799. The molecular weight excluding hydrogens is 292 g/mol. The van der Waals surface area contributed by atoms with Crippen molar-refractivity contribution in [3.63, 3.8) is 0 Å². The molecule has 9 heteroatoms. The molecule has 0 N–H and O–H groups in total. The number of carboxylic acid groups (broad SMARTS) is 1. The molecule has 1 aromatic carbocycles. The van der Waals surface area contributed by atoms with E-state index in [1.807, 2.05) is 0 Å². The maximum atomic E-state index is 12.3. The van der Waals surface area contributed by atoms with Crippen LogP contribution in [0.25, 0.3) is 0 Å². The van der Waals surface area contributed by atoms with Gasteiger partial charge in [-0.25, -0.2) is 0 Å². The minimum atomic E-state index is -4.82. The molecule has 1 aromatic rings. The van der Waals surface area contributed by atoms with Crippen LogP contribution in [-0.4, -0.2) is 31.4 Å². The Morgan fingerprint density at radius 1 is 0.950 bits per heavy atom. The Kier molecular flexibility index (Phi) is 4.51. The van der Waals surface area contributed by atoms with Crippen molar-refractivity contribution in [1.29, 1.82) is 0 Å². The summed E-state index contributed by atoms with van der Waals surface area (Å²) >= 11 is 0. The van der Waals surface area contributed by atoms with Gasteiger partial charge in [0, 0.05) is 5.69 Å². The largest absolute Gasteiger partial charge is 0.545 e. The Morgan fingerprint density at radius 2 is 1.35 bits per heavy atom. The van der Waals surface area contributed by atoms with Crippen molar-refractivity contribution in [2.45, 2.75) is 12.4 Å². The number of hydrogen-bond donors (Lipinski definition) is 0. The van der Waals surface area contributed by atoms with Gasteiger partial charge in [0.1, 0.15) is 13.1 Å². The summed E-state index contributed by atoms with van der Waals surface area (Å²) in [4.78, 5) is 10.5. The predicted molar refractivity (Wildman–Crippen MR) is 55.1 cm³/mol. The Labute approximate surface area is 109 Å². The van der Waals surface area contributed by atoms with Gasteiger partial charge in [0.05, 0.1) is 5.97 Å². The highest BCUT2D eigenvalue weighted by molar-refractivity contribution is 5.86. The number of hydrogen-bond acceptors (Lipinski definition) is 3. The van der Waals surface area contributed by atoms with Crippen LogP contribution in [0.1, 0.15) is 10.4 Å². The van der Waals surface area contributed by atoms with E-state index in [1.54, 1.807) is 0 Å². The van der Waals surface area contributed by atoms with E-state index < -0.39 is 31.4 Å². The van der Waals surface area contributed by atoms with Gasteiger partial charge in [-0.05, 0) is 17.7 Å². The first kappa shape index (κ1) is 16.1. The van der Waals surface area contributed by atoms with Crippen LogP contribution < -0.4 is 10.0 Å². The van der Waals surface area contributed by atoms with Crippen LogP contribution in [0.5, 0.6) is 0 Å². The lowest BCUT2D eigenvalue weighted by atomic mass is 10.2. The van der Waals surface area contributed by atoms with Crippen molar-refractivity contribution in [2.24, 2.45) is 0 Å². The number of alkyl halides is 6. The summed E-state index contributed by atoms with van der Waals surface area (Å²) in [7, 11) is 0. The van der Waals surface area contributed by atoms with E-state index in [4.69, 9.17) is 0 Å². The fraction of sp³-hybridized carbons (Fsp3) is 0.364. The van der Waals surface area contributed by atoms with Crippen molar-refractivity contribution < 1.29 is 36.2 Å². The van der Waals surface area contributed by atoms with E-state index in [-0.39, 0.29) is 16.2 Å². The van der Waals surface area contributed by atoms with E-state index in [9.17, 15) is 36.2 Å². The van der Waals surface area contributed by atoms with Crippen LogP contribution in [0.3, 0.4) is 0 Å². The highest BCUT2D eigenvalue weighted by Gasteiger charge is 2.37. The average Bonchev–Trinajstić information content (AvgIpc) is 2.24. The number of nitrogens with zero attached hydrogens (tertiary/aromatic N) is 1. The van der Waals surface area contributed by atoms with Crippen LogP contribution in [0, 0.1) is 0 Å². The number of aromatic carboxylic acids is 1. The highest BCUT2D eigenvalue weighted by Crippen LogP contribution is 2.26. The first-order valence-corrected chi connectivity index (χ1v) is 5.18. The number of rotatable bonds is 4. The van der Waals surface area contributed by atoms with E-state index in [2.05, 4.69) is 0 Å². The zero-order valence-electron chi connectivity index (χ0n) is 9.76. The first-order valence-electron chi connectivity index (χ1n) is 5.18. The topological polar surface area (TPSA) is 43.4 Å². The molecule has 0 saturated heterocycles. The Balaban J connectivity index is 3.00. The lowest BCUT2D eigenvalue weighted by molar-refractivity contribution is -0.255. The number of carbonyl (C=O) groups excluding carboxylic acids is 1. The third-order valence-electron chi connectivity index (χ3n) is 2.21. The SMILES string of the molecule is O=C([O-])c1ccc(N(CC(F)(F)F)CC(F)(F)F)cc1. The van der Waals surface area contributed by atoms with Crippen LogP contribution in [0.2, 0.25) is 0 Å². The molecule has 0 saturated carbocycles. The Morgan fingerprint density at radius 3 is 1.65 bits per heavy atom. The third-order valence-corrected chi connectivity index (χ3v) is 2.21. The summed E-state index contributed by atoms with van der Waals surface area (Å²) in [5, 5.41) is 10.5. The highest BCUT2D eigenvalue weighted by atomic mass is 19.4. The zero-order chi connectivity index (χ0) is 15.6. The van der Waals surface area contributed by atoms with Crippen molar-refractivity contribution in [3.05, 3.63) is 29.8 Å². The van der Waals surface area contributed by atoms with Gasteiger partial charge < -0.3 is 14.8 Å². The Bertz CT molecular complexity index is 449. The zero-order valence-corrected chi connectivity index (χ0v) is 9.76. The first-order chi connectivity index (χ1) is 8.98. The molecule has 112 valence electrons. The van der Waals surface area contributed by atoms with Crippen LogP contribution in [-0.2, 0) is 0 Å². The van der Waals surface area contributed by atoms with Crippen molar-refractivity contribution in [1.82, 2.24) is 0 Å². The molecule has 0 aliphatic rings. The third kappa shape index (κ3) is 5.37. The maximum Gasteiger partial charge on any atom is 0.405 e. The molecule has 0 aliphatic carbocycles. The average molecular weight is 300 g/mol. The molecule has 1 rings (SSSR count). The molecule has 0 fully saturated rings. The van der Waals surface area contributed by atoms with E-state index >= 15 is 0 Å². The molecule has 0 bridgehead atoms. The number of carboxylic acids is 1. The molecule has 0 radical (unpaired) electrons. The second-order valence-corrected chi connectivity index (χ2v) is 3.92. The standard InChI is InChI=1S/C11H9F6NO2/c12-10(13,14)5-18(6-11(15,16)17)8-3-1-7(2-4-8)9(19)20/h1-4H,5-6H2,(H,19,20)/p-1. The lowest BCUT2D eigenvalue weighted by Gasteiger charge is -2.27. The second kappa shape index (κ2) is 5.59. The summed E-state index contributed by atoms with van der Waals surface area (Å²) in [6.45, 7) is -3.59. The number of anilines is 1. The normalized spacial score (nSPS) is 12.3. The van der Waals surface area contributed by atoms with Crippen LogP contribution in [0.4, 0.5) is 32.0 Å². The van der Waals surface area contributed by atoms with Gasteiger partial charge in [0.2, 0.25) is 0 Å². The van der Waals surface area contributed by atoms with Crippen LogP contribution >= 0.6 is 0 Å². The number of carbonyl (C=O) groups is 1. The smallest absolute Gasteiger partial charge is 0.405 e. The number of benzene rings is 1. The van der Waals surface area contributed by atoms with Gasteiger partial charge in [0.15, 0.2) is 0 Å². The molecule has 0 atom stereocenters. The van der Waals surface area contributed by atoms with Crippen molar-refractivity contribution >= 4 is 11.7 Å². The maximum absolute atomic E-state index is 12.3. The minimum absolute atomic E-state index is 0.0685. The fourth-order valence-corrected chi connectivity index (χ4v) is 1.48. The minimum Gasteiger partial charge on any atom is -0.545 e. The Hall–Kier alpha value is -1.93. The van der Waals surface area contributed by atoms with Crippen LogP contribution in [0.15, 0.2) is 24.3 Å². The summed E-state index contributed by atoms with van der Waals surface area (Å²) in [5.41, 5.74) is -0.725. The van der Waals surface area contributed by atoms with E-state index in [1.165, 1.54) is 0 Å². The predicted octanol–water partition coefficient (Wildman–Crippen LogP) is 1.98. The fourth-order valence-electron chi connectivity index (χ4n) is 1.48. The molecular formula is C11H8F6NO2-. The van der Waals surface area contributed by atoms with Crippen molar-refractivity contribution in [3.8, 4) is 0 Å². The molecule has 0 unspecified atom stereocenters. The molecule has 0 aromatic heterocycles. The van der Waals surface area contributed by atoms with E-state index in [0.717, 1.165) is 24.3 Å². The summed E-state index contributed by atoms with van der Waals surface area (Å²) in [6.07, 6.45) is -9.64. The molecule has 3 nitrogen and oxygen atoms in total. The summed E-state index contributed by atoms with van der Waals surface area (Å²) in [5.74, 6) is -1.57.